The predicted molar refractivity (Wildman–Crippen MR) is 56.6 cm³/mol. The van der Waals surface area contributed by atoms with E-state index in [0.29, 0.717) is 14.1 Å². The molecule has 0 aromatic carbocycles. The van der Waals surface area contributed by atoms with Gasteiger partial charge < -0.3 is 15.5 Å². The van der Waals surface area contributed by atoms with Crippen LogP contribution >= 0.6 is 11.3 Å². The molecule has 15 heavy (non-hydrogen) atoms. The Kier molecular flexibility index (Phi) is 2.76. The van der Waals surface area contributed by atoms with Crippen LogP contribution in [0.4, 0.5) is 5.13 Å². The zero-order valence-corrected chi connectivity index (χ0v) is 9.12. The molecule has 0 aliphatic carbocycles. The van der Waals surface area contributed by atoms with Crippen LogP contribution in [0.3, 0.4) is 0 Å². The van der Waals surface area contributed by atoms with E-state index >= 15 is 0 Å². The number of nitrogens with zero attached hydrogens (tertiary/aromatic N) is 2. The Morgan fingerprint density at radius 1 is 1.47 bits per heavy atom. The molecule has 2 aromatic rings. The van der Waals surface area contributed by atoms with Crippen LogP contribution in [-0.4, -0.2) is 9.54 Å². The first-order chi connectivity index (χ1) is 7.18. The normalized spacial score (nSPS) is 12.6. The van der Waals surface area contributed by atoms with Crippen molar-refractivity contribution in [3.63, 3.8) is 0 Å². The molecule has 0 saturated carbocycles. The Balaban J connectivity index is 2.36. The summed E-state index contributed by atoms with van der Waals surface area (Å²) in [6, 6.07) is 4.75. The molecule has 0 radical (unpaired) electrons. The number of hydrogen-bond acceptors (Lipinski definition) is 5. The van der Waals surface area contributed by atoms with Crippen LogP contribution in [0.25, 0.3) is 0 Å². The predicted octanol–water partition coefficient (Wildman–Crippen LogP) is 0.525. The van der Waals surface area contributed by atoms with E-state index < -0.39 is 11.2 Å². The van der Waals surface area contributed by atoms with Crippen molar-refractivity contribution in [3.05, 3.63) is 35.8 Å². The summed E-state index contributed by atoms with van der Waals surface area (Å²) < 4.78 is 12.9. The van der Waals surface area contributed by atoms with Gasteiger partial charge in [0.05, 0.1) is 12.3 Å². The van der Waals surface area contributed by atoms with Crippen LogP contribution in [0.5, 0.6) is 0 Å². The second kappa shape index (κ2) is 4.05. The minimum Gasteiger partial charge on any atom is -0.615 e. The lowest BCUT2D eigenvalue weighted by molar-refractivity contribution is -0.646. The molecule has 1 unspecified atom stereocenters. The number of anilines is 1. The molecule has 0 spiro atoms. The first kappa shape index (κ1) is 10.2. The molecule has 2 rings (SSSR count). The second-order valence-corrected chi connectivity index (χ2v) is 5.37. The van der Waals surface area contributed by atoms with Crippen LogP contribution in [-0.2, 0) is 11.2 Å². The van der Waals surface area contributed by atoms with E-state index in [1.807, 2.05) is 0 Å². The molecule has 0 aliphatic heterocycles. The quantitative estimate of drug-likeness (QED) is 0.471. The molecular weight excluding hydrogens is 234 g/mol. The van der Waals surface area contributed by atoms with Crippen LogP contribution in [0.1, 0.15) is 0 Å². The Hall–Kier alpha value is -1.31. The fourth-order valence-electron chi connectivity index (χ4n) is 1.02. The lowest BCUT2D eigenvalue weighted by atomic mass is 10.5. The Bertz CT molecular complexity index is 474. The molecule has 2 heterocycles. The van der Waals surface area contributed by atoms with Crippen LogP contribution in [0.2, 0.25) is 0 Å². The smallest absolute Gasteiger partial charge is 0.399 e. The van der Waals surface area contributed by atoms with Crippen LogP contribution < -0.4 is 10.5 Å². The van der Waals surface area contributed by atoms with Gasteiger partial charge in [0.25, 0.3) is 0 Å². The number of aromatic nitrogens is 2. The first-order valence-corrected chi connectivity index (χ1v) is 5.96. The molecule has 0 fully saturated rings. The van der Waals surface area contributed by atoms with E-state index in [1.54, 1.807) is 12.1 Å². The van der Waals surface area contributed by atoms with E-state index in [9.17, 15) is 9.76 Å². The molecule has 0 bridgehead atoms. The van der Waals surface area contributed by atoms with Crippen molar-refractivity contribution in [3.8, 4) is 0 Å². The summed E-state index contributed by atoms with van der Waals surface area (Å²) in [6.45, 7) is 0. The standard InChI is InChI=1S/C8H7N3O2S2/c9-8-10-5-7(14-8)15(13)6-3-1-2-4-11(6)12/h1-5H,(H2,9,10). The number of thiazole rings is 1. The number of pyridine rings is 1. The molecule has 7 heteroatoms. The minimum atomic E-state index is -1.51. The van der Waals surface area contributed by atoms with E-state index in [2.05, 4.69) is 4.98 Å². The summed E-state index contributed by atoms with van der Waals surface area (Å²) >= 11 is -0.397. The zero-order valence-electron chi connectivity index (χ0n) is 7.49. The Morgan fingerprint density at radius 2 is 2.27 bits per heavy atom. The van der Waals surface area contributed by atoms with Crippen molar-refractivity contribution in [1.82, 2.24) is 4.98 Å². The van der Waals surface area contributed by atoms with Crippen molar-refractivity contribution in [2.45, 2.75) is 9.24 Å². The molecule has 0 aliphatic rings. The maximum Gasteiger partial charge on any atom is 0.399 e. The van der Waals surface area contributed by atoms with Crippen LogP contribution in [0.15, 0.2) is 39.8 Å². The lowest BCUT2D eigenvalue weighted by Crippen LogP contribution is -2.32. The van der Waals surface area contributed by atoms with Crippen molar-refractivity contribution in [2.24, 2.45) is 0 Å². The summed E-state index contributed by atoms with van der Waals surface area (Å²) in [6.07, 6.45) is 2.72. The van der Waals surface area contributed by atoms with Crippen molar-refractivity contribution in [1.29, 1.82) is 0 Å². The summed E-state index contributed by atoms with van der Waals surface area (Å²) in [4.78, 5) is 3.78. The van der Waals surface area contributed by atoms with Gasteiger partial charge in [0.1, 0.15) is 11.2 Å². The minimum absolute atomic E-state index is 0.182. The van der Waals surface area contributed by atoms with Gasteiger partial charge in [-0.25, -0.2) is 4.98 Å². The van der Waals surface area contributed by atoms with E-state index in [-0.39, 0.29) is 5.03 Å². The monoisotopic (exact) mass is 241 g/mol. The molecule has 0 amide bonds. The molecule has 2 aromatic heterocycles. The lowest BCUT2D eigenvalue weighted by Gasteiger charge is -2.05. The zero-order chi connectivity index (χ0) is 10.8. The molecule has 78 valence electrons. The highest BCUT2D eigenvalue weighted by atomic mass is 32.2. The highest BCUT2D eigenvalue weighted by Crippen LogP contribution is 2.24. The molecular formula is C8H7N3O2S2. The third kappa shape index (κ3) is 2.04. The fourth-order valence-corrected chi connectivity index (χ4v) is 3.03. The SMILES string of the molecule is Nc1ncc([S+]([O-])c2cccc[n+]2[O-])s1. The molecule has 2 N–H and O–H groups in total. The van der Waals surface area contributed by atoms with Gasteiger partial charge in [0, 0.05) is 6.07 Å². The Labute approximate surface area is 93.0 Å². The molecule has 5 nitrogen and oxygen atoms in total. The van der Waals surface area contributed by atoms with Gasteiger partial charge in [-0.15, -0.1) is 4.73 Å². The van der Waals surface area contributed by atoms with E-state index in [0.717, 1.165) is 11.3 Å². The summed E-state index contributed by atoms with van der Waals surface area (Å²) in [5, 5.41) is 11.8. The van der Waals surface area contributed by atoms with Gasteiger partial charge in [0.2, 0.25) is 4.21 Å². The van der Waals surface area contributed by atoms with Crippen molar-refractivity contribution in [2.75, 3.05) is 5.73 Å². The number of nitrogen functional groups attached to an aromatic ring is 1. The number of hydrogen-bond donors (Lipinski definition) is 1. The third-order valence-corrected chi connectivity index (χ3v) is 4.16. The summed E-state index contributed by atoms with van der Waals surface area (Å²) in [7, 11) is 0. The second-order valence-electron chi connectivity index (χ2n) is 2.65. The van der Waals surface area contributed by atoms with E-state index in [4.69, 9.17) is 5.73 Å². The maximum atomic E-state index is 11.9. The highest BCUT2D eigenvalue weighted by molar-refractivity contribution is 7.93. The largest absolute Gasteiger partial charge is 0.615 e. The first-order valence-electron chi connectivity index (χ1n) is 4.00. The van der Waals surface area contributed by atoms with Gasteiger partial charge in [0.15, 0.2) is 11.3 Å². The topological polar surface area (TPSA) is 88.9 Å². The summed E-state index contributed by atoms with van der Waals surface area (Å²) in [5.74, 6) is 0. The maximum absolute atomic E-state index is 11.9. The number of rotatable bonds is 2. The highest BCUT2D eigenvalue weighted by Gasteiger charge is 2.25. The average molecular weight is 241 g/mol. The van der Waals surface area contributed by atoms with Crippen LogP contribution in [0, 0.1) is 5.21 Å². The van der Waals surface area contributed by atoms with E-state index in [1.165, 1.54) is 18.5 Å². The van der Waals surface area contributed by atoms with Gasteiger partial charge in [-0.2, -0.15) is 0 Å². The van der Waals surface area contributed by atoms with Crippen molar-refractivity contribution < 1.29 is 9.28 Å². The van der Waals surface area contributed by atoms with Crippen molar-refractivity contribution >= 4 is 27.6 Å². The number of nitrogens with two attached hydrogens (primary N) is 1. The van der Waals surface area contributed by atoms with Gasteiger partial charge >= 0.3 is 5.03 Å². The molecule has 0 saturated heterocycles. The van der Waals surface area contributed by atoms with Gasteiger partial charge in [-0.05, 0) is 17.4 Å². The Morgan fingerprint density at radius 3 is 2.87 bits per heavy atom. The third-order valence-electron chi connectivity index (χ3n) is 1.66. The molecule has 1 atom stereocenters. The van der Waals surface area contributed by atoms with Gasteiger partial charge in [-0.1, -0.05) is 0 Å². The van der Waals surface area contributed by atoms with Gasteiger partial charge in [-0.3, -0.25) is 0 Å². The fraction of sp³-hybridized carbons (Fsp3) is 0. The average Bonchev–Trinajstić information content (AvgIpc) is 2.65. The summed E-state index contributed by atoms with van der Waals surface area (Å²) in [5.41, 5.74) is 5.42.